The van der Waals surface area contributed by atoms with Crippen LogP contribution < -0.4 is 11.0 Å². The number of nitrogens with one attached hydrogen (secondary N) is 1. The van der Waals surface area contributed by atoms with E-state index in [0.29, 0.717) is 23.4 Å². The van der Waals surface area contributed by atoms with Crippen LogP contribution in [0.15, 0.2) is 33.5 Å². The van der Waals surface area contributed by atoms with Gasteiger partial charge in [-0.15, -0.1) is 0 Å². The van der Waals surface area contributed by atoms with Crippen molar-refractivity contribution in [3.63, 3.8) is 0 Å². The normalized spacial score (nSPS) is 10.9. The molecule has 0 saturated heterocycles. The molecule has 2 N–H and O–H groups in total. The molecule has 0 aliphatic carbocycles. The van der Waals surface area contributed by atoms with Crippen LogP contribution in [0.4, 0.5) is 0 Å². The smallest absolute Gasteiger partial charge is 0.290 e. The van der Waals surface area contributed by atoms with E-state index in [9.17, 15) is 14.7 Å². The fraction of sp³-hybridized carbons (Fsp3) is 0. The second-order valence-electron chi connectivity index (χ2n) is 3.35. The number of hydrogen-bond acceptors (Lipinski definition) is 3. The third-order valence-electron chi connectivity index (χ3n) is 2.25. The summed E-state index contributed by atoms with van der Waals surface area (Å²) >= 11 is 13.2. The van der Waals surface area contributed by atoms with Crippen LogP contribution in [0.25, 0.3) is 10.9 Å². The lowest BCUT2D eigenvalue weighted by Gasteiger charge is -2.06. The van der Waals surface area contributed by atoms with E-state index in [2.05, 4.69) is 68.7 Å². The van der Waals surface area contributed by atoms with Gasteiger partial charge in [-0.25, -0.2) is 0 Å². The Kier molecular flexibility index (Phi) is 4.01. The number of aromatic hydroxyl groups is 1. The van der Waals surface area contributed by atoms with E-state index in [-0.39, 0.29) is 5.39 Å². The highest BCUT2D eigenvalue weighted by molar-refractivity contribution is 9.15. The summed E-state index contributed by atoms with van der Waals surface area (Å²) in [6.07, 6.45) is 0. The topological polar surface area (TPSA) is 70.2 Å². The fourth-order valence-electron chi connectivity index (χ4n) is 1.42. The van der Waals surface area contributed by atoms with Gasteiger partial charge in [-0.3, -0.25) is 9.59 Å². The highest BCUT2D eigenvalue weighted by atomic mass is 79.9. The van der Waals surface area contributed by atoms with E-state index in [0.717, 1.165) is 6.07 Å². The maximum atomic E-state index is 12.0. The van der Waals surface area contributed by atoms with E-state index in [4.69, 9.17) is 0 Å². The van der Waals surface area contributed by atoms with Crippen LogP contribution in [0.5, 0.6) is 5.75 Å². The van der Waals surface area contributed by atoms with Crippen molar-refractivity contribution in [2.75, 3.05) is 0 Å². The van der Waals surface area contributed by atoms with Crippen molar-refractivity contribution in [3.8, 4) is 5.75 Å². The molecule has 0 unspecified atom stereocenters. The lowest BCUT2D eigenvalue weighted by Crippen LogP contribution is -2.00. The number of aromatic amines is 1. The van der Waals surface area contributed by atoms with Gasteiger partial charge in [0, 0.05) is 19.5 Å². The van der Waals surface area contributed by atoms with E-state index in [1.807, 2.05) is 0 Å². The summed E-state index contributed by atoms with van der Waals surface area (Å²) in [4.78, 5) is 26.0. The Morgan fingerprint density at radius 2 is 1.50 bits per heavy atom. The lowest BCUT2D eigenvalue weighted by molar-refractivity contribution is 0.468. The fourth-order valence-corrected chi connectivity index (χ4v) is 3.83. The monoisotopic (exact) mass is 501 g/mol. The summed E-state index contributed by atoms with van der Waals surface area (Å²) in [5, 5.41) is 9.65. The van der Waals surface area contributed by atoms with Crippen LogP contribution in [-0.4, -0.2) is 10.1 Å². The maximum absolute atomic E-state index is 12.0. The summed E-state index contributed by atoms with van der Waals surface area (Å²) in [5.74, 6) is -0.623. The van der Waals surface area contributed by atoms with E-state index >= 15 is 0 Å². The Bertz CT molecular complexity index is 785. The molecule has 0 radical (unpaired) electrons. The second kappa shape index (κ2) is 5.07. The van der Waals surface area contributed by atoms with Gasteiger partial charge >= 0.3 is 0 Å². The number of fused-ring (bicyclic) bond motifs is 1. The van der Waals surface area contributed by atoms with Crippen LogP contribution in [0, 0.1) is 0 Å². The third kappa shape index (κ3) is 2.19. The Morgan fingerprint density at radius 1 is 0.944 bits per heavy atom. The van der Waals surface area contributed by atoms with Crippen molar-refractivity contribution >= 4 is 74.6 Å². The highest BCUT2D eigenvalue weighted by Crippen LogP contribution is 2.41. The molecule has 18 heavy (non-hydrogen) atoms. The Balaban J connectivity index is 3.28. The van der Waals surface area contributed by atoms with Gasteiger partial charge in [-0.1, -0.05) is 0 Å². The largest absolute Gasteiger partial charge is 0.503 e. The van der Waals surface area contributed by atoms with Crippen molar-refractivity contribution < 1.29 is 5.11 Å². The minimum atomic E-state index is -0.732. The Labute approximate surface area is 134 Å². The number of benzene rings is 1. The Hall–Kier alpha value is -0.180. The molecular formula is C10H3Br4NO3. The zero-order chi connectivity index (χ0) is 13.6. The van der Waals surface area contributed by atoms with Crippen LogP contribution in [-0.2, 0) is 0 Å². The third-order valence-corrected chi connectivity index (χ3v) is 7.02. The predicted octanol–water partition coefficient (Wildman–Crippen LogP) is 3.64. The molecule has 0 fully saturated rings. The first-order valence-corrected chi connectivity index (χ1v) is 7.64. The van der Waals surface area contributed by atoms with Crippen LogP contribution in [0.1, 0.15) is 0 Å². The summed E-state index contributed by atoms with van der Waals surface area (Å²) in [6, 6.07) is 0.888. The number of hydrogen-bond donors (Lipinski definition) is 2. The molecule has 1 heterocycles. The zero-order valence-corrected chi connectivity index (χ0v) is 14.7. The minimum Gasteiger partial charge on any atom is -0.503 e. The molecule has 2 rings (SSSR count). The van der Waals surface area contributed by atoms with Crippen molar-refractivity contribution in [1.82, 2.24) is 4.98 Å². The van der Waals surface area contributed by atoms with E-state index in [1.165, 1.54) is 0 Å². The molecule has 94 valence electrons. The molecule has 0 aliphatic rings. The number of aromatic nitrogens is 1. The SMILES string of the molecule is O=c1[nH]c2c(Br)c(Br)c(Br)c(Br)c2c(=O)cc1O. The number of H-pyrrole nitrogens is 1. The van der Waals surface area contributed by atoms with Crippen molar-refractivity contribution in [2.45, 2.75) is 0 Å². The van der Waals surface area contributed by atoms with E-state index < -0.39 is 16.7 Å². The molecule has 4 nitrogen and oxygen atoms in total. The molecule has 0 spiro atoms. The number of rotatable bonds is 0. The molecule has 1 aromatic heterocycles. The zero-order valence-electron chi connectivity index (χ0n) is 8.35. The molecule has 0 atom stereocenters. The summed E-state index contributed by atoms with van der Waals surface area (Å²) < 4.78 is 2.27. The van der Waals surface area contributed by atoms with Crippen molar-refractivity contribution in [2.24, 2.45) is 0 Å². The Morgan fingerprint density at radius 3 is 2.11 bits per heavy atom. The van der Waals surface area contributed by atoms with Gasteiger partial charge in [0.25, 0.3) is 5.56 Å². The van der Waals surface area contributed by atoms with Crippen LogP contribution >= 0.6 is 63.7 Å². The number of halogens is 4. The van der Waals surface area contributed by atoms with Crippen molar-refractivity contribution in [3.05, 3.63) is 44.5 Å². The summed E-state index contributed by atoms with van der Waals surface area (Å²) in [5.41, 5.74) is -0.905. The van der Waals surface area contributed by atoms with Gasteiger partial charge in [0.15, 0.2) is 11.2 Å². The molecule has 0 saturated carbocycles. The van der Waals surface area contributed by atoms with Gasteiger partial charge in [-0.05, 0) is 63.7 Å². The van der Waals surface area contributed by atoms with Gasteiger partial charge in [0.05, 0.1) is 15.4 Å². The van der Waals surface area contributed by atoms with Gasteiger partial charge in [0.1, 0.15) is 0 Å². The molecular weight excluding hydrogens is 502 g/mol. The second-order valence-corrected chi connectivity index (χ2v) is 6.53. The summed E-state index contributed by atoms with van der Waals surface area (Å²) in [7, 11) is 0. The molecule has 8 heteroatoms. The quantitative estimate of drug-likeness (QED) is 0.425. The van der Waals surface area contributed by atoms with Crippen LogP contribution in [0.2, 0.25) is 0 Å². The van der Waals surface area contributed by atoms with Crippen LogP contribution in [0.3, 0.4) is 0 Å². The van der Waals surface area contributed by atoms with Gasteiger partial charge in [-0.2, -0.15) is 0 Å². The molecule has 0 aliphatic heterocycles. The first-order chi connectivity index (χ1) is 8.34. The standard InChI is InChI=1S/C10H3Br4NO3/c11-5-4-2(16)1-3(17)10(18)15-9(4)8(14)7(13)6(5)12/h1,17H,(H,15,18). The first-order valence-electron chi connectivity index (χ1n) is 4.47. The lowest BCUT2D eigenvalue weighted by atomic mass is 10.2. The highest BCUT2D eigenvalue weighted by Gasteiger charge is 2.16. The van der Waals surface area contributed by atoms with Crippen molar-refractivity contribution in [1.29, 1.82) is 0 Å². The average molecular weight is 505 g/mol. The molecule has 0 bridgehead atoms. The van der Waals surface area contributed by atoms with E-state index in [1.54, 1.807) is 0 Å². The summed E-state index contributed by atoms with van der Waals surface area (Å²) in [6.45, 7) is 0. The average Bonchev–Trinajstić information content (AvgIpc) is 2.42. The molecule has 2 aromatic rings. The first kappa shape index (κ1) is 14.2. The molecule has 0 amide bonds. The van der Waals surface area contributed by atoms with Gasteiger partial charge in [0.2, 0.25) is 0 Å². The van der Waals surface area contributed by atoms with Gasteiger partial charge < -0.3 is 10.1 Å². The molecule has 1 aromatic carbocycles. The maximum Gasteiger partial charge on any atom is 0.290 e. The minimum absolute atomic E-state index is 0.259. The predicted molar refractivity (Wildman–Crippen MR) is 83.3 cm³/mol.